The molecule has 0 saturated carbocycles. The molecule has 1 atom stereocenters. The Balaban J connectivity index is 1.80. The van der Waals surface area contributed by atoms with Crippen molar-refractivity contribution in [3.8, 4) is 0 Å². The number of amides is 1. The molecule has 6 nitrogen and oxygen atoms in total. The first-order chi connectivity index (χ1) is 8.54. The monoisotopic (exact) mass is 252 g/mol. The molecule has 0 aliphatic carbocycles. The van der Waals surface area contributed by atoms with Crippen molar-refractivity contribution in [3.05, 3.63) is 11.8 Å². The van der Waals surface area contributed by atoms with Gasteiger partial charge in [-0.25, -0.2) is 0 Å². The summed E-state index contributed by atoms with van der Waals surface area (Å²) in [6.07, 6.45) is 1.63. The summed E-state index contributed by atoms with van der Waals surface area (Å²) >= 11 is 0. The molecule has 0 aromatic carbocycles. The van der Waals surface area contributed by atoms with E-state index in [0.717, 1.165) is 19.5 Å². The van der Waals surface area contributed by atoms with Gasteiger partial charge in [0.2, 0.25) is 17.7 Å². The van der Waals surface area contributed by atoms with E-state index in [2.05, 4.69) is 15.1 Å². The van der Waals surface area contributed by atoms with Gasteiger partial charge in [-0.05, 0) is 19.4 Å². The summed E-state index contributed by atoms with van der Waals surface area (Å²) in [5.74, 6) is 2.03. The third-order valence-corrected chi connectivity index (χ3v) is 3.27. The van der Waals surface area contributed by atoms with Crippen LogP contribution in [-0.2, 0) is 11.3 Å². The summed E-state index contributed by atoms with van der Waals surface area (Å²) < 4.78 is 5.35. The molecule has 1 aliphatic heterocycles. The molecular formula is C12H20N4O2. The fraction of sp³-hybridized carbons (Fsp3) is 0.750. The summed E-state index contributed by atoms with van der Waals surface area (Å²) in [7, 11) is 3.91. The van der Waals surface area contributed by atoms with Crippen molar-refractivity contribution in [3.63, 3.8) is 0 Å². The SMILES string of the molecule is Cc1nnc(CN(C)CC2CCC(=O)N(C)C2)o1. The van der Waals surface area contributed by atoms with E-state index in [9.17, 15) is 4.79 Å². The summed E-state index contributed by atoms with van der Waals surface area (Å²) in [5, 5.41) is 7.80. The molecule has 1 aliphatic rings. The fourth-order valence-electron chi connectivity index (χ4n) is 2.39. The minimum atomic E-state index is 0.251. The maximum atomic E-state index is 11.4. The topological polar surface area (TPSA) is 62.5 Å². The Morgan fingerprint density at radius 1 is 1.50 bits per heavy atom. The molecule has 18 heavy (non-hydrogen) atoms. The number of piperidine rings is 1. The Morgan fingerprint density at radius 2 is 2.28 bits per heavy atom. The van der Waals surface area contributed by atoms with Crippen molar-refractivity contribution in [1.29, 1.82) is 0 Å². The normalized spacial score (nSPS) is 20.8. The minimum Gasteiger partial charge on any atom is -0.424 e. The highest BCUT2D eigenvalue weighted by molar-refractivity contribution is 5.76. The quantitative estimate of drug-likeness (QED) is 0.788. The summed E-state index contributed by atoms with van der Waals surface area (Å²) in [6, 6.07) is 0. The number of likely N-dealkylation sites (tertiary alicyclic amines) is 1. The highest BCUT2D eigenvalue weighted by Crippen LogP contribution is 2.17. The summed E-state index contributed by atoms with van der Waals surface area (Å²) in [6.45, 7) is 4.23. The van der Waals surface area contributed by atoms with Crippen LogP contribution in [0.15, 0.2) is 4.42 Å². The maximum Gasteiger partial charge on any atom is 0.230 e. The number of hydrogen-bond donors (Lipinski definition) is 0. The molecule has 1 fully saturated rings. The highest BCUT2D eigenvalue weighted by atomic mass is 16.4. The van der Waals surface area contributed by atoms with Crippen LogP contribution < -0.4 is 0 Å². The summed E-state index contributed by atoms with van der Waals surface area (Å²) in [5.41, 5.74) is 0. The van der Waals surface area contributed by atoms with Gasteiger partial charge in [-0.15, -0.1) is 10.2 Å². The summed E-state index contributed by atoms with van der Waals surface area (Å²) in [4.78, 5) is 15.4. The smallest absolute Gasteiger partial charge is 0.230 e. The van der Waals surface area contributed by atoms with E-state index in [1.165, 1.54) is 0 Å². The predicted molar refractivity (Wildman–Crippen MR) is 65.7 cm³/mol. The average Bonchev–Trinajstić information content (AvgIpc) is 2.69. The number of carbonyl (C=O) groups is 1. The van der Waals surface area contributed by atoms with E-state index in [-0.39, 0.29) is 5.91 Å². The zero-order valence-electron chi connectivity index (χ0n) is 11.2. The number of carbonyl (C=O) groups excluding carboxylic acids is 1. The molecule has 0 radical (unpaired) electrons. The molecule has 1 unspecified atom stereocenters. The third kappa shape index (κ3) is 3.29. The second-order valence-corrected chi connectivity index (χ2v) is 5.09. The van der Waals surface area contributed by atoms with E-state index in [4.69, 9.17) is 4.42 Å². The van der Waals surface area contributed by atoms with Gasteiger partial charge in [-0.2, -0.15) is 0 Å². The number of aromatic nitrogens is 2. The average molecular weight is 252 g/mol. The second-order valence-electron chi connectivity index (χ2n) is 5.09. The number of rotatable bonds is 4. The molecule has 1 saturated heterocycles. The van der Waals surface area contributed by atoms with E-state index in [0.29, 0.717) is 30.7 Å². The van der Waals surface area contributed by atoms with Crippen molar-refractivity contribution in [1.82, 2.24) is 20.0 Å². The zero-order chi connectivity index (χ0) is 13.1. The Morgan fingerprint density at radius 3 is 2.89 bits per heavy atom. The van der Waals surface area contributed by atoms with Crippen molar-refractivity contribution in [2.24, 2.45) is 5.92 Å². The lowest BCUT2D eigenvalue weighted by atomic mass is 9.97. The molecule has 0 spiro atoms. The Bertz CT molecular complexity index is 418. The molecule has 6 heteroatoms. The van der Waals surface area contributed by atoms with E-state index in [1.54, 1.807) is 6.92 Å². The first-order valence-electron chi connectivity index (χ1n) is 6.26. The van der Waals surface area contributed by atoms with Crippen LogP contribution in [0.1, 0.15) is 24.6 Å². The third-order valence-electron chi connectivity index (χ3n) is 3.27. The van der Waals surface area contributed by atoms with Gasteiger partial charge in [0.05, 0.1) is 6.54 Å². The van der Waals surface area contributed by atoms with E-state index in [1.807, 2.05) is 19.0 Å². The first kappa shape index (κ1) is 13.0. The largest absolute Gasteiger partial charge is 0.424 e. The van der Waals surface area contributed by atoms with Gasteiger partial charge in [0.1, 0.15) is 0 Å². The van der Waals surface area contributed by atoms with Gasteiger partial charge >= 0.3 is 0 Å². The Hall–Kier alpha value is -1.43. The van der Waals surface area contributed by atoms with Gasteiger partial charge in [-0.3, -0.25) is 9.69 Å². The van der Waals surface area contributed by atoms with E-state index < -0.39 is 0 Å². The van der Waals surface area contributed by atoms with Crippen LogP contribution in [0.25, 0.3) is 0 Å². The van der Waals surface area contributed by atoms with Crippen LogP contribution in [0.3, 0.4) is 0 Å². The molecule has 0 bridgehead atoms. The molecular weight excluding hydrogens is 232 g/mol. The zero-order valence-corrected chi connectivity index (χ0v) is 11.2. The molecule has 2 rings (SSSR count). The number of hydrogen-bond acceptors (Lipinski definition) is 5. The highest BCUT2D eigenvalue weighted by Gasteiger charge is 2.24. The molecule has 1 aromatic rings. The van der Waals surface area contributed by atoms with Crippen molar-refractivity contribution in [2.75, 3.05) is 27.2 Å². The van der Waals surface area contributed by atoms with E-state index >= 15 is 0 Å². The van der Waals surface area contributed by atoms with Crippen molar-refractivity contribution < 1.29 is 9.21 Å². The van der Waals surface area contributed by atoms with Crippen molar-refractivity contribution >= 4 is 5.91 Å². The molecule has 2 heterocycles. The lowest BCUT2D eigenvalue weighted by Crippen LogP contribution is -2.41. The van der Waals surface area contributed by atoms with Crippen molar-refractivity contribution in [2.45, 2.75) is 26.3 Å². The Labute approximate surface area is 107 Å². The van der Waals surface area contributed by atoms with Gasteiger partial charge in [0.25, 0.3) is 0 Å². The lowest BCUT2D eigenvalue weighted by molar-refractivity contribution is -0.133. The van der Waals surface area contributed by atoms with Crippen LogP contribution in [0.5, 0.6) is 0 Å². The maximum absolute atomic E-state index is 11.4. The van der Waals surface area contributed by atoms with Gasteiger partial charge < -0.3 is 9.32 Å². The van der Waals surface area contributed by atoms with Crippen LogP contribution in [0.4, 0.5) is 0 Å². The number of nitrogens with zero attached hydrogens (tertiary/aromatic N) is 4. The van der Waals surface area contributed by atoms with Crippen LogP contribution in [0.2, 0.25) is 0 Å². The lowest BCUT2D eigenvalue weighted by Gasteiger charge is -2.31. The molecule has 0 N–H and O–H groups in total. The molecule has 1 aromatic heterocycles. The predicted octanol–water partition coefficient (Wildman–Crippen LogP) is 0.678. The van der Waals surface area contributed by atoms with Gasteiger partial charge in [0, 0.05) is 33.5 Å². The van der Waals surface area contributed by atoms with Gasteiger partial charge in [0.15, 0.2) is 0 Å². The first-order valence-corrected chi connectivity index (χ1v) is 6.26. The fourth-order valence-corrected chi connectivity index (χ4v) is 2.39. The Kier molecular flexibility index (Phi) is 3.96. The van der Waals surface area contributed by atoms with Gasteiger partial charge in [-0.1, -0.05) is 0 Å². The molecule has 1 amide bonds. The number of aryl methyl sites for hydroxylation is 1. The van der Waals surface area contributed by atoms with Crippen LogP contribution in [-0.4, -0.2) is 53.1 Å². The van der Waals surface area contributed by atoms with Crippen LogP contribution >= 0.6 is 0 Å². The van der Waals surface area contributed by atoms with Crippen LogP contribution in [0, 0.1) is 12.8 Å². The molecule has 100 valence electrons. The minimum absolute atomic E-state index is 0.251. The second kappa shape index (κ2) is 5.48. The standard InChI is InChI=1S/C12H20N4O2/c1-9-13-14-11(18-9)8-15(2)6-10-4-5-12(17)16(3)7-10/h10H,4-8H2,1-3H3.